The molecule has 0 unspecified atom stereocenters. The standard InChI is InChI=1S/C18H16N6O2/c19-10-14-16(21)15(11-20)18(23-7-2-1-3-8-23)22-17(14)12-5-4-6-13(9-12)24(25)26/h4-6,9H,1-3,7-8H2,(H2,21,22). The van der Waals surface area contributed by atoms with Gasteiger partial charge in [-0.1, -0.05) is 12.1 Å². The number of hydrogen-bond donors (Lipinski definition) is 1. The normalized spacial score (nSPS) is 13.7. The Hall–Kier alpha value is -3.65. The summed E-state index contributed by atoms with van der Waals surface area (Å²) in [6.45, 7) is 1.50. The van der Waals surface area contributed by atoms with Gasteiger partial charge in [-0.3, -0.25) is 10.1 Å². The molecular formula is C18H16N6O2. The van der Waals surface area contributed by atoms with E-state index in [1.54, 1.807) is 6.07 Å². The summed E-state index contributed by atoms with van der Waals surface area (Å²) < 4.78 is 0. The van der Waals surface area contributed by atoms with E-state index in [0.29, 0.717) is 11.4 Å². The maximum Gasteiger partial charge on any atom is 0.270 e. The molecule has 8 nitrogen and oxygen atoms in total. The summed E-state index contributed by atoms with van der Waals surface area (Å²) in [5.74, 6) is 0.435. The van der Waals surface area contributed by atoms with Gasteiger partial charge in [0.2, 0.25) is 0 Å². The van der Waals surface area contributed by atoms with Crippen LogP contribution < -0.4 is 10.6 Å². The number of rotatable bonds is 3. The van der Waals surface area contributed by atoms with Crippen LogP contribution in [-0.2, 0) is 0 Å². The Morgan fingerprint density at radius 1 is 1.15 bits per heavy atom. The highest BCUT2D eigenvalue weighted by atomic mass is 16.6. The van der Waals surface area contributed by atoms with Crippen LogP contribution in [0, 0.1) is 32.8 Å². The monoisotopic (exact) mass is 348 g/mol. The number of pyridine rings is 1. The second-order valence-electron chi connectivity index (χ2n) is 6.03. The van der Waals surface area contributed by atoms with Gasteiger partial charge in [0.05, 0.1) is 16.3 Å². The van der Waals surface area contributed by atoms with Crippen LogP contribution in [0.25, 0.3) is 11.3 Å². The number of nitrogens with zero attached hydrogens (tertiary/aromatic N) is 5. The Bertz CT molecular complexity index is 951. The quantitative estimate of drug-likeness (QED) is 0.665. The van der Waals surface area contributed by atoms with Crippen LogP contribution in [0.3, 0.4) is 0 Å². The van der Waals surface area contributed by atoms with Crippen molar-refractivity contribution < 1.29 is 4.92 Å². The molecule has 1 aliphatic rings. The molecular weight excluding hydrogens is 332 g/mol. The molecule has 26 heavy (non-hydrogen) atoms. The number of anilines is 2. The second kappa shape index (κ2) is 7.08. The van der Waals surface area contributed by atoms with E-state index < -0.39 is 4.92 Å². The highest BCUT2D eigenvalue weighted by Gasteiger charge is 2.24. The molecule has 8 heteroatoms. The largest absolute Gasteiger partial charge is 0.396 e. The molecule has 0 saturated carbocycles. The van der Waals surface area contributed by atoms with Crippen LogP contribution in [0.1, 0.15) is 30.4 Å². The fourth-order valence-electron chi connectivity index (χ4n) is 3.12. The lowest BCUT2D eigenvalue weighted by atomic mass is 10.0. The van der Waals surface area contributed by atoms with E-state index in [9.17, 15) is 20.6 Å². The highest BCUT2D eigenvalue weighted by molar-refractivity contribution is 5.82. The number of nitrogens with two attached hydrogens (primary N) is 1. The zero-order valence-electron chi connectivity index (χ0n) is 14.0. The molecule has 3 rings (SSSR count). The third-order valence-corrected chi connectivity index (χ3v) is 4.43. The molecule has 2 N–H and O–H groups in total. The zero-order chi connectivity index (χ0) is 18.7. The van der Waals surface area contributed by atoms with E-state index in [1.165, 1.54) is 18.2 Å². The van der Waals surface area contributed by atoms with Crippen molar-refractivity contribution in [3.8, 4) is 23.4 Å². The summed E-state index contributed by atoms with van der Waals surface area (Å²) in [5, 5.41) is 30.1. The third-order valence-electron chi connectivity index (χ3n) is 4.43. The molecule has 1 aromatic heterocycles. The van der Waals surface area contributed by atoms with Crippen LogP contribution >= 0.6 is 0 Å². The van der Waals surface area contributed by atoms with Crippen molar-refractivity contribution >= 4 is 17.2 Å². The van der Waals surface area contributed by atoms with Crippen molar-refractivity contribution in [2.45, 2.75) is 19.3 Å². The van der Waals surface area contributed by atoms with Gasteiger partial charge in [-0.2, -0.15) is 10.5 Å². The molecule has 0 radical (unpaired) electrons. The maximum atomic E-state index is 11.1. The van der Waals surface area contributed by atoms with Gasteiger partial charge in [-0.05, 0) is 19.3 Å². The second-order valence-corrected chi connectivity index (χ2v) is 6.03. The lowest BCUT2D eigenvalue weighted by Crippen LogP contribution is -2.31. The van der Waals surface area contributed by atoms with Gasteiger partial charge in [0.1, 0.15) is 29.1 Å². The average Bonchev–Trinajstić information content (AvgIpc) is 2.68. The van der Waals surface area contributed by atoms with Gasteiger partial charge in [0, 0.05) is 30.8 Å². The first-order valence-corrected chi connectivity index (χ1v) is 8.20. The summed E-state index contributed by atoms with van der Waals surface area (Å²) in [6.07, 6.45) is 3.08. The molecule has 0 amide bonds. The van der Waals surface area contributed by atoms with Crippen molar-refractivity contribution in [3.05, 3.63) is 45.5 Å². The van der Waals surface area contributed by atoms with E-state index in [0.717, 1.165) is 32.4 Å². The number of nitro benzene ring substituents is 1. The minimum absolute atomic E-state index is 0.0582. The van der Waals surface area contributed by atoms with Crippen LogP contribution in [0.15, 0.2) is 24.3 Å². The number of nitrogen functional groups attached to an aromatic ring is 1. The zero-order valence-corrected chi connectivity index (χ0v) is 14.0. The highest BCUT2D eigenvalue weighted by Crippen LogP contribution is 2.35. The molecule has 0 bridgehead atoms. The predicted molar refractivity (Wildman–Crippen MR) is 96.2 cm³/mol. The molecule has 0 spiro atoms. The molecule has 2 aromatic rings. The van der Waals surface area contributed by atoms with Crippen LogP contribution in [-0.4, -0.2) is 23.0 Å². The number of aromatic nitrogens is 1. The minimum atomic E-state index is -0.506. The van der Waals surface area contributed by atoms with Gasteiger partial charge >= 0.3 is 0 Å². The Morgan fingerprint density at radius 3 is 2.46 bits per heavy atom. The molecule has 130 valence electrons. The van der Waals surface area contributed by atoms with Crippen LogP contribution in [0.5, 0.6) is 0 Å². The summed E-state index contributed by atoms with van der Waals surface area (Å²) >= 11 is 0. The number of nitro groups is 1. The average molecular weight is 348 g/mol. The Kier molecular flexibility index (Phi) is 4.68. The van der Waals surface area contributed by atoms with Crippen molar-refractivity contribution in [1.82, 2.24) is 4.98 Å². The van der Waals surface area contributed by atoms with Crippen molar-refractivity contribution in [2.24, 2.45) is 0 Å². The third kappa shape index (κ3) is 3.01. The fourth-order valence-corrected chi connectivity index (χ4v) is 3.12. The summed E-state index contributed by atoms with van der Waals surface area (Å²) in [7, 11) is 0. The maximum absolute atomic E-state index is 11.1. The smallest absolute Gasteiger partial charge is 0.270 e. The number of nitriles is 2. The Morgan fingerprint density at radius 2 is 1.85 bits per heavy atom. The lowest BCUT2D eigenvalue weighted by molar-refractivity contribution is -0.384. The Labute approximate surface area is 150 Å². The molecule has 1 aliphatic heterocycles. The fraction of sp³-hybridized carbons (Fsp3) is 0.278. The van der Waals surface area contributed by atoms with Gasteiger partial charge in [-0.15, -0.1) is 0 Å². The minimum Gasteiger partial charge on any atom is -0.396 e. The number of hydrogen-bond acceptors (Lipinski definition) is 7. The van der Waals surface area contributed by atoms with Crippen LogP contribution in [0.2, 0.25) is 0 Å². The summed E-state index contributed by atoms with van der Waals surface area (Å²) in [4.78, 5) is 17.1. The Balaban J connectivity index is 2.23. The number of non-ortho nitro benzene ring substituents is 1. The van der Waals surface area contributed by atoms with E-state index in [1.807, 2.05) is 11.0 Å². The topological polar surface area (TPSA) is 133 Å². The van der Waals surface area contributed by atoms with Crippen molar-refractivity contribution in [1.29, 1.82) is 10.5 Å². The molecule has 0 aliphatic carbocycles. The molecule has 2 heterocycles. The van der Waals surface area contributed by atoms with Crippen molar-refractivity contribution in [3.63, 3.8) is 0 Å². The number of benzene rings is 1. The van der Waals surface area contributed by atoms with Gasteiger partial charge in [-0.25, -0.2) is 4.98 Å². The first-order chi connectivity index (χ1) is 12.6. The number of piperidine rings is 1. The van der Waals surface area contributed by atoms with E-state index >= 15 is 0 Å². The van der Waals surface area contributed by atoms with E-state index in [4.69, 9.17) is 5.73 Å². The van der Waals surface area contributed by atoms with Crippen LogP contribution in [0.4, 0.5) is 17.2 Å². The predicted octanol–water partition coefficient (Wildman–Crippen LogP) is 2.97. The van der Waals surface area contributed by atoms with E-state index in [-0.39, 0.29) is 28.2 Å². The van der Waals surface area contributed by atoms with Crippen molar-refractivity contribution in [2.75, 3.05) is 23.7 Å². The molecule has 1 saturated heterocycles. The summed E-state index contributed by atoms with van der Waals surface area (Å²) in [5.41, 5.74) is 6.98. The van der Waals surface area contributed by atoms with Gasteiger partial charge < -0.3 is 10.6 Å². The van der Waals surface area contributed by atoms with Gasteiger partial charge in [0.15, 0.2) is 0 Å². The van der Waals surface area contributed by atoms with E-state index in [2.05, 4.69) is 11.1 Å². The molecule has 0 atom stereocenters. The molecule has 1 aromatic carbocycles. The molecule has 1 fully saturated rings. The SMILES string of the molecule is N#Cc1c(-c2cccc([N+](=O)[O-])c2)nc(N2CCCCC2)c(C#N)c1N. The first kappa shape index (κ1) is 17.2. The van der Waals surface area contributed by atoms with Gasteiger partial charge in [0.25, 0.3) is 5.69 Å². The lowest BCUT2D eigenvalue weighted by Gasteiger charge is -2.29. The summed E-state index contributed by atoms with van der Waals surface area (Å²) in [6, 6.07) is 9.94. The first-order valence-electron chi connectivity index (χ1n) is 8.20.